The summed E-state index contributed by atoms with van der Waals surface area (Å²) in [7, 11) is -1.36. The van der Waals surface area contributed by atoms with Crippen LogP contribution in [0, 0.1) is 12.8 Å². The summed E-state index contributed by atoms with van der Waals surface area (Å²) < 4.78 is 12.2. The standard InChI is InChI=1S/C14H22N2O2S/c1-9(2)11(4)16-14(17)8-19(18)13-7-5-6-12(15)10(13)3/h5-7,9,11H,8,15H2,1-4H3,(H,16,17). The zero-order valence-corrected chi connectivity index (χ0v) is 12.7. The van der Waals surface area contributed by atoms with Crippen LogP contribution in [0.1, 0.15) is 26.3 Å². The lowest BCUT2D eigenvalue weighted by Crippen LogP contribution is -2.38. The molecule has 2 unspecified atom stereocenters. The smallest absolute Gasteiger partial charge is 0.233 e. The first kappa shape index (κ1) is 15.7. The first-order chi connectivity index (χ1) is 8.82. The monoisotopic (exact) mass is 282 g/mol. The zero-order chi connectivity index (χ0) is 14.6. The van der Waals surface area contributed by atoms with E-state index in [0.717, 1.165) is 5.56 Å². The molecule has 106 valence electrons. The van der Waals surface area contributed by atoms with Crippen LogP contribution in [0.2, 0.25) is 0 Å². The van der Waals surface area contributed by atoms with Gasteiger partial charge < -0.3 is 11.1 Å². The van der Waals surface area contributed by atoms with Crippen LogP contribution in [0.4, 0.5) is 5.69 Å². The van der Waals surface area contributed by atoms with E-state index < -0.39 is 10.8 Å². The van der Waals surface area contributed by atoms with Gasteiger partial charge in [-0.15, -0.1) is 0 Å². The molecule has 0 heterocycles. The normalized spacial score (nSPS) is 14.2. The quantitative estimate of drug-likeness (QED) is 0.810. The highest BCUT2D eigenvalue weighted by Crippen LogP contribution is 2.19. The average Bonchev–Trinajstić information content (AvgIpc) is 2.32. The second-order valence-corrected chi connectivity index (χ2v) is 6.48. The molecule has 0 radical (unpaired) electrons. The molecule has 4 nitrogen and oxygen atoms in total. The zero-order valence-electron chi connectivity index (χ0n) is 11.9. The van der Waals surface area contributed by atoms with Gasteiger partial charge in [0.1, 0.15) is 5.75 Å². The summed E-state index contributed by atoms with van der Waals surface area (Å²) in [6, 6.07) is 5.34. The number of anilines is 1. The maximum atomic E-state index is 12.2. The average molecular weight is 282 g/mol. The fourth-order valence-corrected chi connectivity index (χ4v) is 2.70. The van der Waals surface area contributed by atoms with E-state index in [4.69, 9.17) is 5.73 Å². The molecule has 0 fully saturated rings. The third kappa shape index (κ3) is 4.35. The first-order valence-electron chi connectivity index (χ1n) is 6.35. The van der Waals surface area contributed by atoms with Crippen molar-refractivity contribution in [2.24, 2.45) is 5.92 Å². The molecule has 0 spiro atoms. The van der Waals surface area contributed by atoms with Crippen LogP contribution in [-0.2, 0) is 15.6 Å². The van der Waals surface area contributed by atoms with Gasteiger partial charge in [-0.1, -0.05) is 19.9 Å². The van der Waals surface area contributed by atoms with Gasteiger partial charge in [0.25, 0.3) is 0 Å². The van der Waals surface area contributed by atoms with E-state index in [-0.39, 0.29) is 17.7 Å². The number of nitrogens with two attached hydrogens (primary N) is 1. The lowest BCUT2D eigenvalue weighted by molar-refractivity contribution is -0.119. The van der Waals surface area contributed by atoms with Crippen LogP contribution in [0.15, 0.2) is 23.1 Å². The summed E-state index contributed by atoms with van der Waals surface area (Å²) in [5.41, 5.74) is 7.16. The molecule has 0 aliphatic rings. The van der Waals surface area contributed by atoms with Crippen molar-refractivity contribution >= 4 is 22.4 Å². The Kier molecular flexibility index (Phi) is 5.54. The highest BCUT2D eigenvalue weighted by atomic mass is 32.2. The number of hydrogen-bond donors (Lipinski definition) is 2. The van der Waals surface area contributed by atoms with Gasteiger partial charge in [-0.05, 0) is 37.5 Å². The second-order valence-electron chi connectivity index (χ2n) is 5.06. The number of nitrogens with one attached hydrogen (secondary N) is 1. The van der Waals surface area contributed by atoms with Crippen LogP contribution in [0.25, 0.3) is 0 Å². The van der Waals surface area contributed by atoms with Gasteiger partial charge in [0, 0.05) is 16.6 Å². The third-order valence-electron chi connectivity index (χ3n) is 3.22. The van der Waals surface area contributed by atoms with Gasteiger partial charge in [-0.2, -0.15) is 0 Å². The lowest BCUT2D eigenvalue weighted by atomic mass is 10.1. The van der Waals surface area contributed by atoms with Crippen molar-refractivity contribution in [2.45, 2.75) is 38.6 Å². The minimum absolute atomic E-state index is 0.0264. The molecule has 0 aliphatic carbocycles. The Hall–Kier alpha value is -1.36. The van der Waals surface area contributed by atoms with Gasteiger partial charge in [-0.3, -0.25) is 9.00 Å². The summed E-state index contributed by atoms with van der Waals surface area (Å²) >= 11 is 0. The topological polar surface area (TPSA) is 72.2 Å². The summed E-state index contributed by atoms with van der Waals surface area (Å²) in [6.45, 7) is 7.82. The molecule has 0 bridgehead atoms. The summed E-state index contributed by atoms with van der Waals surface area (Å²) in [5.74, 6) is 0.134. The fourth-order valence-electron chi connectivity index (χ4n) is 1.54. The number of nitrogen functional groups attached to an aromatic ring is 1. The molecule has 1 aromatic rings. The predicted octanol–water partition coefficient (Wildman–Crippen LogP) is 1.85. The number of rotatable bonds is 5. The van der Waals surface area contributed by atoms with Gasteiger partial charge in [-0.25, -0.2) is 0 Å². The van der Waals surface area contributed by atoms with E-state index in [1.165, 1.54) is 0 Å². The van der Waals surface area contributed by atoms with Gasteiger partial charge >= 0.3 is 0 Å². The van der Waals surface area contributed by atoms with E-state index in [9.17, 15) is 9.00 Å². The Morgan fingerprint density at radius 1 is 1.37 bits per heavy atom. The first-order valence-corrected chi connectivity index (χ1v) is 7.67. The van der Waals surface area contributed by atoms with Crippen LogP contribution in [0.5, 0.6) is 0 Å². The van der Waals surface area contributed by atoms with E-state index in [1.807, 2.05) is 27.7 Å². The highest BCUT2D eigenvalue weighted by molar-refractivity contribution is 7.85. The molecule has 5 heteroatoms. The van der Waals surface area contributed by atoms with E-state index >= 15 is 0 Å². The van der Waals surface area contributed by atoms with E-state index in [2.05, 4.69) is 5.32 Å². The van der Waals surface area contributed by atoms with Crippen LogP contribution < -0.4 is 11.1 Å². The molecule has 1 amide bonds. The Labute approximate surface area is 117 Å². The van der Waals surface area contributed by atoms with Crippen molar-refractivity contribution in [1.82, 2.24) is 5.32 Å². The highest BCUT2D eigenvalue weighted by Gasteiger charge is 2.16. The third-order valence-corrected chi connectivity index (χ3v) is 4.68. The van der Waals surface area contributed by atoms with Crippen molar-refractivity contribution in [3.63, 3.8) is 0 Å². The molecule has 0 saturated heterocycles. The van der Waals surface area contributed by atoms with Crippen molar-refractivity contribution in [3.05, 3.63) is 23.8 Å². The SMILES string of the molecule is Cc1c(N)cccc1S(=O)CC(=O)NC(C)C(C)C. The number of carbonyl (C=O) groups is 1. The summed E-state index contributed by atoms with van der Waals surface area (Å²) in [4.78, 5) is 12.4. The molecule has 1 aromatic carbocycles. The minimum Gasteiger partial charge on any atom is -0.398 e. The Balaban J connectivity index is 2.70. The second kappa shape index (κ2) is 6.70. The number of benzene rings is 1. The van der Waals surface area contributed by atoms with Crippen molar-refractivity contribution < 1.29 is 9.00 Å². The maximum absolute atomic E-state index is 12.2. The molecule has 2 atom stereocenters. The van der Waals surface area contributed by atoms with Gasteiger partial charge in [0.2, 0.25) is 5.91 Å². The molecule has 1 rings (SSSR count). The fraction of sp³-hybridized carbons (Fsp3) is 0.500. The van der Waals surface area contributed by atoms with Gasteiger partial charge in [0.05, 0.1) is 10.8 Å². The predicted molar refractivity (Wildman–Crippen MR) is 79.3 cm³/mol. The Bertz CT molecular complexity index is 486. The minimum atomic E-state index is -1.36. The molecule has 0 aliphatic heterocycles. The number of hydrogen-bond acceptors (Lipinski definition) is 3. The van der Waals surface area contributed by atoms with Crippen molar-refractivity contribution in [3.8, 4) is 0 Å². The largest absolute Gasteiger partial charge is 0.398 e. The van der Waals surface area contributed by atoms with Gasteiger partial charge in [0.15, 0.2) is 0 Å². The van der Waals surface area contributed by atoms with Crippen LogP contribution >= 0.6 is 0 Å². The Morgan fingerprint density at radius 3 is 2.58 bits per heavy atom. The van der Waals surface area contributed by atoms with E-state index in [1.54, 1.807) is 18.2 Å². The molecule has 19 heavy (non-hydrogen) atoms. The molecule has 0 saturated carbocycles. The maximum Gasteiger partial charge on any atom is 0.233 e. The number of amides is 1. The van der Waals surface area contributed by atoms with Crippen molar-refractivity contribution in [1.29, 1.82) is 0 Å². The summed E-state index contributed by atoms with van der Waals surface area (Å²) in [5, 5.41) is 2.85. The molecule has 3 N–H and O–H groups in total. The lowest BCUT2D eigenvalue weighted by Gasteiger charge is -2.17. The number of carbonyl (C=O) groups excluding carboxylic acids is 1. The Morgan fingerprint density at radius 2 is 2.00 bits per heavy atom. The van der Waals surface area contributed by atoms with Crippen LogP contribution in [0.3, 0.4) is 0 Å². The molecule has 0 aromatic heterocycles. The van der Waals surface area contributed by atoms with E-state index in [0.29, 0.717) is 16.5 Å². The molecular weight excluding hydrogens is 260 g/mol. The van der Waals surface area contributed by atoms with Crippen molar-refractivity contribution in [2.75, 3.05) is 11.5 Å². The van der Waals surface area contributed by atoms with Crippen LogP contribution in [-0.4, -0.2) is 21.9 Å². The molecular formula is C14H22N2O2S. The summed E-state index contributed by atoms with van der Waals surface area (Å²) in [6.07, 6.45) is 0.